The van der Waals surface area contributed by atoms with Gasteiger partial charge in [-0.3, -0.25) is 4.79 Å². The third-order valence-electron chi connectivity index (χ3n) is 5.04. The predicted molar refractivity (Wildman–Crippen MR) is 132 cm³/mol. The lowest BCUT2D eigenvalue weighted by Gasteiger charge is -2.22. The van der Waals surface area contributed by atoms with Crippen molar-refractivity contribution in [2.75, 3.05) is 99.1 Å². The number of hydrogen-bond acceptors (Lipinski definition) is 10. The van der Waals surface area contributed by atoms with Crippen LogP contribution in [0.1, 0.15) is 29.6 Å². The van der Waals surface area contributed by atoms with Crippen molar-refractivity contribution >= 4 is 6.29 Å². The summed E-state index contributed by atoms with van der Waals surface area (Å²) in [7, 11) is 0. The van der Waals surface area contributed by atoms with Gasteiger partial charge in [0, 0.05) is 12.2 Å². The van der Waals surface area contributed by atoms with E-state index in [0.717, 1.165) is 25.7 Å². The first-order chi connectivity index (χ1) is 17.9. The van der Waals surface area contributed by atoms with Crippen LogP contribution in [0.15, 0.2) is 24.3 Å². The fourth-order valence-corrected chi connectivity index (χ4v) is 3.14. The average molecular weight is 515 g/mol. The van der Waals surface area contributed by atoms with Crippen LogP contribution in [0.5, 0.6) is 5.75 Å². The van der Waals surface area contributed by atoms with E-state index in [4.69, 9.17) is 42.6 Å². The monoisotopic (exact) mass is 514 g/mol. The molecule has 10 nitrogen and oxygen atoms in total. The Morgan fingerprint density at radius 2 is 1.11 bits per heavy atom. The smallest absolute Gasteiger partial charge is 0.157 e. The Labute approximate surface area is 214 Å². The summed E-state index contributed by atoms with van der Waals surface area (Å²) in [4.78, 5) is 10.6. The second-order valence-corrected chi connectivity index (χ2v) is 7.88. The quantitative estimate of drug-likeness (QED) is 0.151. The van der Waals surface area contributed by atoms with Gasteiger partial charge in [0.2, 0.25) is 0 Å². The van der Waals surface area contributed by atoms with Crippen LogP contribution < -0.4 is 4.74 Å². The Balaban J connectivity index is 1.19. The number of hydrogen-bond donors (Lipinski definition) is 0. The van der Waals surface area contributed by atoms with Crippen molar-refractivity contribution in [3.63, 3.8) is 0 Å². The zero-order valence-corrected chi connectivity index (χ0v) is 21.3. The molecule has 1 saturated heterocycles. The molecule has 0 aliphatic carbocycles. The maximum absolute atomic E-state index is 10.6. The Hall–Kier alpha value is -1.63. The fourth-order valence-electron chi connectivity index (χ4n) is 3.14. The zero-order chi connectivity index (χ0) is 25.4. The van der Waals surface area contributed by atoms with Crippen molar-refractivity contribution in [2.45, 2.75) is 25.6 Å². The summed E-state index contributed by atoms with van der Waals surface area (Å²) in [5.41, 5.74) is 0.623. The van der Waals surface area contributed by atoms with Gasteiger partial charge >= 0.3 is 0 Å². The average Bonchev–Trinajstić information content (AvgIpc) is 2.92. The van der Waals surface area contributed by atoms with Gasteiger partial charge < -0.3 is 42.6 Å². The maximum atomic E-state index is 10.6. The maximum Gasteiger partial charge on any atom is 0.157 e. The Morgan fingerprint density at radius 3 is 1.56 bits per heavy atom. The van der Waals surface area contributed by atoms with Gasteiger partial charge in [0.05, 0.1) is 85.9 Å². The van der Waals surface area contributed by atoms with Crippen molar-refractivity contribution < 1.29 is 47.4 Å². The normalized spacial score (nSPS) is 15.7. The van der Waals surface area contributed by atoms with Crippen molar-refractivity contribution in [2.24, 2.45) is 0 Å². The molecular weight excluding hydrogens is 472 g/mol. The highest BCUT2D eigenvalue weighted by Gasteiger charge is 2.13. The first kappa shape index (κ1) is 30.6. The van der Waals surface area contributed by atoms with Gasteiger partial charge in [-0.15, -0.1) is 0 Å². The van der Waals surface area contributed by atoms with Crippen LogP contribution in [0.3, 0.4) is 0 Å². The van der Waals surface area contributed by atoms with E-state index in [-0.39, 0.29) is 6.29 Å². The van der Waals surface area contributed by atoms with Gasteiger partial charge in [0.15, 0.2) is 6.29 Å². The van der Waals surface area contributed by atoms with E-state index in [1.54, 1.807) is 24.3 Å². The van der Waals surface area contributed by atoms with E-state index in [2.05, 4.69) is 0 Å². The molecule has 1 aromatic rings. The van der Waals surface area contributed by atoms with Crippen LogP contribution in [0, 0.1) is 0 Å². The Bertz CT molecular complexity index is 622. The summed E-state index contributed by atoms with van der Waals surface area (Å²) in [6.07, 6.45) is 3.99. The minimum Gasteiger partial charge on any atom is -0.491 e. The summed E-state index contributed by atoms with van der Waals surface area (Å²) >= 11 is 0. The van der Waals surface area contributed by atoms with Crippen LogP contribution in [0.2, 0.25) is 0 Å². The van der Waals surface area contributed by atoms with Crippen molar-refractivity contribution in [3.05, 3.63) is 29.8 Å². The third kappa shape index (κ3) is 16.9. The standard InChI is InChI=1S/C26H42O10/c27-23-24-4-6-25(7-5-24)34-21-19-32-17-15-30-13-11-28-9-10-29-12-14-31-16-18-33-20-22-36-26-3-1-2-8-35-26/h4-7,23,26H,1-3,8-22H2. The van der Waals surface area contributed by atoms with Crippen LogP contribution in [-0.4, -0.2) is 112 Å². The second-order valence-electron chi connectivity index (χ2n) is 7.88. The van der Waals surface area contributed by atoms with E-state index in [1.165, 1.54) is 6.42 Å². The van der Waals surface area contributed by atoms with E-state index in [1.807, 2.05) is 0 Å². The predicted octanol–water partition coefficient (Wildman–Crippen LogP) is 2.52. The number of carbonyl (C=O) groups is 1. The van der Waals surface area contributed by atoms with E-state index >= 15 is 0 Å². The van der Waals surface area contributed by atoms with Gasteiger partial charge in [0.1, 0.15) is 18.6 Å². The summed E-state index contributed by atoms with van der Waals surface area (Å²) in [6.45, 7) is 7.93. The molecule has 0 bridgehead atoms. The lowest BCUT2D eigenvalue weighted by molar-refractivity contribution is -0.169. The third-order valence-corrected chi connectivity index (χ3v) is 5.04. The molecule has 1 aliphatic heterocycles. The minimum absolute atomic E-state index is 0.0643. The van der Waals surface area contributed by atoms with Gasteiger partial charge in [-0.05, 0) is 43.5 Å². The largest absolute Gasteiger partial charge is 0.491 e. The Morgan fingerprint density at radius 1 is 0.639 bits per heavy atom. The molecule has 206 valence electrons. The lowest BCUT2D eigenvalue weighted by atomic mass is 10.2. The molecule has 1 aromatic carbocycles. The molecule has 1 fully saturated rings. The molecule has 0 N–H and O–H groups in total. The van der Waals surface area contributed by atoms with Gasteiger partial charge in [-0.25, -0.2) is 0 Å². The summed E-state index contributed by atoms with van der Waals surface area (Å²) in [6, 6.07) is 6.95. The number of ether oxygens (including phenoxy) is 9. The van der Waals surface area contributed by atoms with Gasteiger partial charge in [0.25, 0.3) is 0 Å². The van der Waals surface area contributed by atoms with Crippen molar-refractivity contribution in [3.8, 4) is 5.75 Å². The number of benzene rings is 1. The minimum atomic E-state index is -0.0643. The molecule has 36 heavy (non-hydrogen) atoms. The summed E-state index contributed by atoms with van der Waals surface area (Å²) in [5.74, 6) is 0.710. The summed E-state index contributed by atoms with van der Waals surface area (Å²) < 4.78 is 49.4. The highest BCUT2D eigenvalue weighted by molar-refractivity contribution is 5.74. The molecule has 0 aromatic heterocycles. The first-order valence-corrected chi connectivity index (χ1v) is 12.8. The molecule has 0 radical (unpaired) electrons. The van der Waals surface area contributed by atoms with Gasteiger partial charge in [-0.1, -0.05) is 0 Å². The van der Waals surface area contributed by atoms with E-state index in [9.17, 15) is 4.79 Å². The number of carbonyl (C=O) groups excluding carboxylic acids is 1. The van der Waals surface area contributed by atoms with Crippen molar-refractivity contribution in [1.29, 1.82) is 0 Å². The van der Waals surface area contributed by atoms with Crippen LogP contribution in [-0.2, 0) is 37.9 Å². The topological polar surface area (TPSA) is 100 Å². The molecule has 0 amide bonds. The zero-order valence-electron chi connectivity index (χ0n) is 21.3. The SMILES string of the molecule is O=Cc1ccc(OCCOCCOCCOCCOCCOCCOCCOC2CCCCO2)cc1. The molecule has 1 atom stereocenters. The molecular formula is C26H42O10. The van der Waals surface area contributed by atoms with Crippen LogP contribution >= 0.6 is 0 Å². The number of aldehydes is 1. The van der Waals surface area contributed by atoms with E-state index in [0.29, 0.717) is 104 Å². The molecule has 10 heteroatoms. The molecule has 1 unspecified atom stereocenters. The highest BCUT2D eigenvalue weighted by Crippen LogP contribution is 2.13. The molecule has 1 aliphatic rings. The molecule has 0 spiro atoms. The second kappa shape index (κ2) is 22.6. The van der Waals surface area contributed by atoms with Crippen molar-refractivity contribution in [1.82, 2.24) is 0 Å². The molecule has 0 saturated carbocycles. The van der Waals surface area contributed by atoms with Gasteiger partial charge in [-0.2, -0.15) is 0 Å². The lowest BCUT2D eigenvalue weighted by Crippen LogP contribution is -2.24. The number of rotatable bonds is 24. The molecule has 1 heterocycles. The van der Waals surface area contributed by atoms with Crippen LogP contribution in [0.25, 0.3) is 0 Å². The first-order valence-electron chi connectivity index (χ1n) is 12.8. The Kier molecular flexibility index (Phi) is 19.2. The highest BCUT2D eigenvalue weighted by atomic mass is 16.7. The van der Waals surface area contributed by atoms with E-state index < -0.39 is 0 Å². The van der Waals surface area contributed by atoms with Crippen LogP contribution in [0.4, 0.5) is 0 Å². The molecule has 2 rings (SSSR count). The fraction of sp³-hybridized carbons (Fsp3) is 0.731. The summed E-state index contributed by atoms with van der Waals surface area (Å²) in [5, 5.41) is 0.